The van der Waals surface area contributed by atoms with E-state index in [2.05, 4.69) is 61.5 Å². The molecule has 3 unspecified atom stereocenters. The predicted octanol–water partition coefficient (Wildman–Crippen LogP) is 5.54. The molecule has 0 nitrogen and oxygen atoms in total. The maximum Gasteiger partial charge on any atom is -0.0185 e. The molecule has 0 aliphatic rings. The summed E-state index contributed by atoms with van der Waals surface area (Å²) in [7, 11) is 0. The second kappa shape index (κ2) is 7.14. The van der Waals surface area contributed by atoms with Gasteiger partial charge >= 0.3 is 0 Å². The lowest BCUT2D eigenvalue weighted by atomic mass is 9.81. The summed E-state index contributed by atoms with van der Waals surface area (Å²) >= 11 is 0. The van der Waals surface area contributed by atoms with Crippen LogP contribution in [0.25, 0.3) is 0 Å². The zero-order valence-electron chi connectivity index (χ0n) is 12.7. The molecule has 0 N–H and O–H groups in total. The summed E-state index contributed by atoms with van der Waals surface area (Å²) < 4.78 is 0. The van der Waals surface area contributed by atoms with Gasteiger partial charge in [0.15, 0.2) is 0 Å². The second-order valence-corrected chi connectivity index (χ2v) is 6.13. The van der Waals surface area contributed by atoms with Crippen LogP contribution in [-0.4, -0.2) is 0 Å². The van der Waals surface area contributed by atoms with Crippen molar-refractivity contribution in [3.63, 3.8) is 0 Å². The summed E-state index contributed by atoms with van der Waals surface area (Å²) in [6.07, 6.45) is 3.78. The zero-order valence-corrected chi connectivity index (χ0v) is 12.7. The summed E-state index contributed by atoms with van der Waals surface area (Å²) in [4.78, 5) is 0. The van der Waals surface area contributed by atoms with Crippen LogP contribution in [0.4, 0.5) is 0 Å². The summed E-state index contributed by atoms with van der Waals surface area (Å²) in [6.45, 7) is 18.7. The zero-order chi connectivity index (χ0) is 12.9. The van der Waals surface area contributed by atoms with E-state index in [9.17, 15) is 0 Å². The first kappa shape index (κ1) is 15.7. The molecule has 0 aliphatic carbocycles. The van der Waals surface area contributed by atoms with Crippen molar-refractivity contribution in [1.29, 1.82) is 0 Å². The van der Waals surface area contributed by atoms with Gasteiger partial charge in [0.1, 0.15) is 0 Å². The number of rotatable bonds is 6. The van der Waals surface area contributed by atoms with E-state index in [0.717, 1.165) is 23.7 Å². The van der Waals surface area contributed by atoms with E-state index in [1.807, 2.05) is 0 Å². The summed E-state index contributed by atoms with van der Waals surface area (Å²) in [5.41, 5.74) is 1.59. The van der Waals surface area contributed by atoms with E-state index >= 15 is 0 Å². The molecule has 96 valence electrons. The third-order valence-electron chi connectivity index (χ3n) is 4.24. The Kier molecular flexibility index (Phi) is 7.03. The van der Waals surface area contributed by atoms with Crippen LogP contribution in [0.3, 0.4) is 0 Å². The monoisotopic (exact) mass is 224 g/mol. The molecule has 0 saturated heterocycles. The fourth-order valence-corrected chi connectivity index (χ4v) is 2.62. The highest BCUT2D eigenvalue weighted by molar-refractivity contribution is 5.06. The maximum atomic E-state index is 2.51. The fourth-order valence-electron chi connectivity index (χ4n) is 2.62. The van der Waals surface area contributed by atoms with E-state index in [-0.39, 0.29) is 0 Å². The van der Waals surface area contributed by atoms with Gasteiger partial charge in [-0.3, -0.25) is 0 Å². The molecule has 0 spiro atoms. The van der Waals surface area contributed by atoms with E-state index in [4.69, 9.17) is 0 Å². The molecule has 0 radical (unpaired) electrons. The molecule has 0 fully saturated rings. The van der Waals surface area contributed by atoms with Gasteiger partial charge < -0.3 is 0 Å². The molecule has 0 aromatic carbocycles. The average molecular weight is 224 g/mol. The maximum absolute atomic E-state index is 2.51. The van der Waals surface area contributed by atoms with Gasteiger partial charge in [-0.1, -0.05) is 60.1 Å². The number of hydrogen-bond acceptors (Lipinski definition) is 0. The summed E-state index contributed by atoms with van der Waals surface area (Å²) in [5.74, 6) is 3.79. The van der Waals surface area contributed by atoms with Crippen LogP contribution in [0, 0.1) is 29.6 Å². The highest BCUT2D eigenvalue weighted by atomic mass is 14.2. The van der Waals surface area contributed by atoms with E-state index in [1.54, 1.807) is 5.57 Å². The van der Waals surface area contributed by atoms with E-state index in [1.165, 1.54) is 6.42 Å². The molecule has 0 bridgehead atoms. The molecule has 3 atom stereocenters. The van der Waals surface area contributed by atoms with Crippen LogP contribution < -0.4 is 0 Å². The van der Waals surface area contributed by atoms with E-state index in [0.29, 0.717) is 5.92 Å². The van der Waals surface area contributed by atoms with Gasteiger partial charge in [-0.2, -0.15) is 0 Å². The summed E-state index contributed by atoms with van der Waals surface area (Å²) in [6, 6.07) is 0. The van der Waals surface area contributed by atoms with Crippen molar-refractivity contribution >= 4 is 0 Å². The number of hydrogen-bond donors (Lipinski definition) is 0. The van der Waals surface area contributed by atoms with Gasteiger partial charge in [-0.05, 0) is 42.9 Å². The van der Waals surface area contributed by atoms with Crippen molar-refractivity contribution in [2.24, 2.45) is 29.6 Å². The van der Waals surface area contributed by atoms with E-state index < -0.39 is 0 Å². The Hall–Kier alpha value is -0.260. The third kappa shape index (κ3) is 4.72. The predicted molar refractivity (Wildman–Crippen MR) is 75.5 cm³/mol. The molecule has 0 aliphatic heterocycles. The molecule has 0 amide bonds. The summed E-state index contributed by atoms with van der Waals surface area (Å²) in [5, 5.41) is 0. The van der Waals surface area contributed by atoms with Crippen molar-refractivity contribution in [2.45, 2.75) is 61.8 Å². The molecule has 0 saturated carbocycles. The first-order valence-corrected chi connectivity index (χ1v) is 6.99. The minimum absolute atomic E-state index is 0.702. The molecule has 0 heteroatoms. The largest absolute Gasteiger partial charge is 0.0822 e. The third-order valence-corrected chi connectivity index (χ3v) is 4.24. The standard InChI is InChI=1S/C16H32/c1-9-16(12(4)5)14(7)10-13(6)15(8)11(2)3/h10-13,15-16H,9H2,1-8H3. The van der Waals surface area contributed by atoms with Gasteiger partial charge in [0.2, 0.25) is 0 Å². The molecule has 16 heavy (non-hydrogen) atoms. The Morgan fingerprint density at radius 2 is 1.44 bits per heavy atom. The quantitative estimate of drug-likeness (QED) is 0.519. The van der Waals surface area contributed by atoms with Crippen LogP contribution in [0.2, 0.25) is 0 Å². The van der Waals surface area contributed by atoms with Crippen LogP contribution >= 0.6 is 0 Å². The molecule has 0 rings (SSSR count). The first-order valence-electron chi connectivity index (χ1n) is 6.99. The molecular formula is C16H32. The molecule has 0 aromatic heterocycles. The van der Waals surface area contributed by atoms with Crippen molar-refractivity contribution in [3.05, 3.63) is 11.6 Å². The number of allylic oxidation sites excluding steroid dienone is 2. The lowest BCUT2D eigenvalue weighted by molar-refractivity contribution is 0.337. The Labute approximate surface area is 104 Å². The highest BCUT2D eigenvalue weighted by Gasteiger charge is 2.17. The normalized spacial score (nSPS) is 19.0. The van der Waals surface area contributed by atoms with Crippen molar-refractivity contribution < 1.29 is 0 Å². The Bertz CT molecular complexity index is 210. The van der Waals surface area contributed by atoms with Crippen molar-refractivity contribution in [3.8, 4) is 0 Å². The fraction of sp³-hybridized carbons (Fsp3) is 0.875. The Morgan fingerprint density at radius 3 is 1.75 bits per heavy atom. The molecule has 0 heterocycles. The van der Waals surface area contributed by atoms with Gasteiger partial charge in [0, 0.05) is 0 Å². The van der Waals surface area contributed by atoms with Gasteiger partial charge in [0.25, 0.3) is 0 Å². The Balaban J connectivity index is 4.62. The van der Waals surface area contributed by atoms with Crippen LogP contribution in [0.1, 0.15) is 61.8 Å². The average Bonchev–Trinajstić information content (AvgIpc) is 2.16. The van der Waals surface area contributed by atoms with Gasteiger partial charge in [-0.25, -0.2) is 0 Å². The van der Waals surface area contributed by atoms with Crippen molar-refractivity contribution in [2.75, 3.05) is 0 Å². The SMILES string of the molecule is CCC(C(C)=CC(C)C(C)C(C)C)C(C)C. The van der Waals surface area contributed by atoms with Crippen LogP contribution in [-0.2, 0) is 0 Å². The van der Waals surface area contributed by atoms with Crippen LogP contribution in [0.5, 0.6) is 0 Å². The molecular weight excluding hydrogens is 192 g/mol. The van der Waals surface area contributed by atoms with Crippen LogP contribution in [0.15, 0.2) is 11.6 Å². The minimum Gasteiger partial charge on any atom is -0.0822 e. The minimum atomic E-state index is 0.702. The second-order valence-electron chi connectivity index (χ2n) is 6.13. The topological polar surface area (TPSA) is 0 Å². The first-order chi connectivity index (χ1) is 7.31. The Morgan fingerprint density at radius 1 is 0.938 bits per heavy atom. The van der Waals surface area contributed by atoms with Gasteiger partial charge in [-0.15, -0.1) is 0 Å². The smallest absolute Gasteiger partial charge is 0.0185 e. The lowest BCUT2D eigenvalue weighted by Gasteiger charge is -2.25. The molecule has 0 aromatic rings. The highest BCUT2D eigenvalue weighted by Crippen LogP contribution is 2.28. The van der Waals surface area contributed by atoms with Gasteiger partial charge in [0.05, 0.1) is 0 Å². The lowest BCUT2D eigenvalue weighted by Crippen LogP contribution is -2.15. The van der Waals surface area contributed by atoms with Crippen molar-refractivity contribution in [1.82, 2.24) is 0 Å².